The molecule has 2 aromatic rings. The molecule has 1 aliphatic rings. The quantitative estimate of drug-likeness (QED) is 0.939. The lowest BCUT2D eigenvalue weighted by Crippen LogP contribution is -2.37. The summed E-state index contributed by atoms with van der Waals surface area (Å²) in [4.78, 5) is 18.2. The number of aromatic nitrogens is 1. The van der Waals surface area contributed by atoms with Crippen molar-refractivity contribution >= 4 is 22.7 Å². The first-order chi connectivity index (χ1) is 10.2. The highest BCUT2D eigenvalue weighted by atomic mass is 16.5. The molecular formula is C16H18N2O3. The molecule has 0 atom stereocenters. The number of fused-ring (bicyclic) bond motifs is 1. The lowest BCUT2D eigenvalue weighted by Gasteiger charge is -2.32. The predicted octanol–water partition coefficient (Wildman–Crippen LogP) is 2.55. The molecule has 110 valence electrons. The molecule has 5 nitrogen and oxygen atoms in total. The number of aromatic carboxylic acids is 1. The van der Waals surface area contributed by atoms with Gasteiger partial charge in [-0.3, -0.25) is 0 Å². The molecule has 0 aliphatic carbocycles. The Morgan fingerprint density at radius 3 is 2.76 bits per heavy atom. The van der Waals surface area contributed by atoms with E-state index < -0.39 is 5.97 Å². The first kappa shape index (κ1) is 13.8. The van der Waals surface area contributed by atoms with E-state index >= 15 is 0 Å². The SMILES string of the molecule is CN(c1cc(C(=O)O)c2ccccc2n1)C1CCOCC1. The van der Waals surface area contributed by atoms with Crippen molar-refractivity contribution in [2.45, 2.75) is 18.9 Å². The Morgan fingerprint density at radius 1 is 1.33 bits per heavy atom. The Kier molecular flexibility index (Phi) is 3.75. The molecule has 0 radical (unpaired) electrons. The van der Waals surface area contributed by atoms with Gasteiger partial charge in [-0.25, -0.2) is 9.78 Å². The van der Waals surface area contributed by atoms with E-state index in [-0.39, 0.29) is 0 Å². The van der Waals surface area contributed by atoms with Crippen molar-refractivity contribution in [3.05, 3.63) is 35.9 Å². The van der Waals surface area contributed by atoms with E-state index in [0.29, 0.717) is 28.3 Å². The normalized spacial score (nSPS) is 16.0. The highest BCUT2D eigenvalue weighted by Crippen LogP contribution is 2.25. The van der Waals surface area contributed by atoms with E-state index in [9.17, 15) is 9.90 Å². The van der Waals surface area contributed by atoms with Gasteiger partial charge in [0, 0.05) is 31.7 Å². The van der Waals surface area contributed by atoms with Crippen LogP contribution < -0.4 is 4.90 Å². The largest absolute Gasteiger partial charge is 0.478 e. The van der Waals surface area contributed by atoms with Crippen LogP contribution in [0.4, 0.5) is 5.82 Å². The van der Waals surface area contributed by atoms with E-state index in [1.165, 1.54) is 0 Å². The fourth-order valence-electron chi connectivity index (χ4n) is 2.78. The third-order valence-electron chi connectivity index (χ3n) is 4.03. The van der Waals surface area contributed by atoms with Crippen LogP contribution in [0.3, 0.4) is 0 Å². The van der Waals surface area contributed by atoms with Crippen molar-refractivity contribution in [2.24, 2.45) is 0 Å². The maximum atomic E-state index is 11.5. The monoisotopic (exact) mass is 286 g/mol. The van der Waals surface area contributed by atoms with Crippen LogP contribution in [0, 0.1) is 0 Å². The van der Waals surface area contributed by atoms with Gasteiger partial charge in [0.05, 0.1) is 11.1 Å². The minimum atomic E-state index is -0.921. The second kappa shape index (κ2) is 5.69. The zero-order chi connectivity index (χ0) is 14.8. The van der Waals surface area contributed by atoms with Crippen molar-refractivity contribution in [1.29, 1.82) is 0 Å². The number of carboxylic acid groups (broad SMARTS) is 1. The molecule has 0 saturated carbocycles. The van der Waals surface area contributed by atoms with Crippen molar-refractivity contribution in [1.82, 2.24) is 4.98 Å². The highest BCUT2D eigenvalue weighted by Gasteiger charge is 2.21. The maximum absolute atomic E-state index is 11.5. The van der Waals surface area contributed by atoms with E-state index in [0.717, 1.165) is 26.1 Å². The van der Waals surface area contributed by atoms with Crippen LogP contribution >= 0.6 is 0 Å². The van der Waals surface area contributed by atoms with Gasteiger partial charge in [0.25, 0.3) is 0 Å². The summed E-state index contributed by atoms with van der Waals surface area (Å²) in [5.41, 5.74) is 1.01. The minimum Gasteiger partial charge on any atom is -0.478 e. The van der Waals surface area contributed by atoms with Crippen LogP contribution in [0.2, 0.25) is 0 Å². The van der Waals surface area contributed by atoms with E-state index in [1.807, 2.05) is 25.2 Å². The summed E-state index contributed by atoms with van der Waals surface area (Å²) in [7, 11) is 1.97. The van der Waals surface area contributed by atoms with Gasteiger partial charge in [0.15, 0.2) is 0 Å². The molecule has 1 aromatic carbocycles. The molecule has 0 unspecified atom stereocenters. The third-order valence-corrected chi connectivity index (χ3v) is 4.03. The Labute approximate surface area is 123 Å². The maximum Gasteiger partial charge on any atom is 0.336 e. The number of carbonyl (C=O) groups is 1. The Hall–Kier alpha value is -2.14. The smallest absolute Gasteiger partial charge is 0.336 e. The van der Waals surface area contributed by atoms with Crippen LogP contribution in [0.1, 0.15) is 23.2 Å². The lowest BCUT2D eigenvalue weighted by molar-refractivity contribution is 0.0698. The number of anilines is 1. The van der Waals surface area contributed by atoms with Gasteiger partial charge in [-0.05, 0) is 25.0 Å². The number of para-hydroxylation sites is 1. The van der Waals surface area contributed by atoms with Gasteiger partial charge in [0.1, 0.15) is 5.82 Å². The van der Waals surface area contributed by atoms with Crippen LogP contribution in [0.5, 0.6) is 0 Å². The molecule has 2 heterocycles. The van der Waals surface area contributed by atoms with Crippen molar-refractivity contribution < 1.29 is 14.6 Å². The zero-order valence-electron chi connectivity index (χ0n) is 12.0. The minimum absolute atomic E-state index is 0.300. The molecule has 1 aromatic heterocycles. The molecule has 3 rings (SSSR count). The van der Waals surface area contributed by atoms with Crippen LogP contribution in [-0.2, 0) is 4.74 Å². The number of ether oxygens (including phenoxy) is 1. The van der Waals surface area contributed by atoms with E-state index in [1.54, 1.807) is 12.1 Å². The van der Waals surface area contributed by atoms with E-state index in [4.69, 9.17) is 4.74 Å². The number of pyridine rings is 1. The fourth-order valence-corrected chi connectivity index (χ4v) is 2.78. The molecular weight excluding hydrogens is 268 g/mol. The molecule has 5 heteroatoms. The van der Waals surface area contributed by atoms with Crippen LogP contribution in [-0.4, -0.2) is 42.4 Å². The van der Waals surface area contributed by atoms with Gasteiger partial charge < -0.3 is 14.7 Å². The van der Waals surface area contributed by atoms with Crippen LogP contribution in [0.25, 0.3) is 10.9 Å². The molecule has 1 N–H and O–H groups in total. The predicted molar refractivity (Wildman–Crippen MR) is 80.9 cm³/mol. The Bertz CT molecular complexity index is 666. The first-order valence-electron chi connectivity index (χ1n) is 7.10. The topological polar surface area (TPSA) is 62.7 Å². The molecule has 21 heavy (non-hydrogen) atoms. The third kappa shape index (κ3) is 2.69. The molecule has 0 bridgehead atoms. The molecule has 0 amide bonds. The number of nitrogens with zero attached hydrogens (tertiary/aromatic N) is 2. The summed E-state index contributed by atoms with van der Waals surface area (Å²) in [5, 5.41) is 10.1. The summed E-state index contributed by atoms with van der Waals surface area (Å²) < 4.78 is 5.38. The van der Waals surface area contributed by atoms with Crippen molar-refractivity contribution in [3.8, 4) is 0 Å². The summed E-state index contributed by atoms with van der Waals surface area (Å²) >= 11 is 0. The van der Waals surface area contributed by atoms with Gasteiger partial charge in [-0.15, -0.1) is 0 Å². The van der Waals surface area contributed by atoms with Crippen molar-refractivity contribution in [2.75, 3.05) is 25.2 Å². The molecule has 0 spiro atoms. The molecule has 1 aliphatic heterocycles. The fraction of sp³-hybridized carbons (Fsp3) is 0.375. The summed E-state index contributed by atoms with van der Waals surface area (Å²) in [6, 6.07) is 9.36. The van der Waals surface area contributed by atoms with Gasteiger partial charge in [0.2, 0.25) is 0 Å². The average molecular weight is 286 g/mol. The standard InChI is InChI=1S/C16H18N2O3/c1-18(11-6-8-21-9-7-11)15-10-13(16(19)20)12-4-2-3-5-14(12)17-15/h2-5,10-11H,6-9H2,1H3,(H,19,20). The lowest BCUT2D eigenvalue weighted by atomic mass is 10.1. The van der Waals surface area contributed by atoms with Gasteiger partial charge in [-0.2, -0.15) is 0 Å². The average Bonchev–Trinajstić information content (AvgIpc) is 2.53. The number of hydrogen-bond acceptors (Lipinski definition) is 4. The number of rotatable bonds is 3. The van der Waals surface area contributed by atoms with Gasteiger partial charge >= 0.3 is 5.97 Å². The summed E-state index contributed by atoms with van der Waals surface area (Å²) in [6.07, 6.45) is 1.88. The summed E-state index contributed by atoms with van der Waals surface area (Å²) in [6.45, 7) is 1.49. The van der Waals surface area contributed by atoms with Gasteiger partial charge in [-0.1, -0.05) is 18.2 Å². The molecule has 1 saturated heterocycles. The highest BCUT2D eigenvalue weighted by molar-refractivity contribution is 6.03. The molecule has 1 fully saturated rings. The zero-order valence-corrected chi connectivity index (χ0v) is 12.0. The number of carboxylic acids is 1. The van der Waals surface area contributed by atoms with Crippen LogP contribution in [0.15, 0.2) is 30.3 Å². The number of hydrogen-bond donors (Lipinski definition) is 1. The van der Waals surface area contributed by atoms with E-state index in [2.05, 4.69) is 9.88 Å². The second-order valence-corrected chi connectivity index (χ2v) is 5.30. The summed E-state index contributed by atoms with van der Waals surface area (Å²) in [5.74, 6) is -0.215. The Morgan fingerprint density at radius 2 is 2.05 bits per heavy atom. The number of benzene rings is 1. The Balaban J connectivity index is 2.04. The first-order valence-corrected chi connectivity index (χ1v) is 7.10. The second-order valence-electron chi connectivity index (χ2n) is 5.30. The van der Waals surface area contributed by atoms with Crippen molar-refractivity contribution in [3.63, 3.8) is 0 Å².